The molecule has 450 valence electrons. The van der Waals surface area contributed by atoms with Crippen molar-refractivity contribution in [2.75, 3.05) is 13.2 Å². The summed E-state index contributed by atoms with van der Waals surface area (Å²) in [6.07, 6.45) is 65.1. The molecule has 0 saturated carbocycles. The third-order valence-electron chi connectivity index (χ3n) is 13.9. The number of carbonyl (C=O) groups is 2. The number of amides is 1. The van der Waals surface area contributed by atoms with Crippen molar-refractivity contribution in [1.29, 1.82) is 0 Å². The molecule has 6 N–H and O–H groups in total. The third-order valence-corrected chi connectivity index (χ3v) is 13.9. The Bertz CT molecular complexity index is 1740. The van der Waals surface area contributed by atoms with Gasteiger partial charge in [0.1, 0.15) is 24.4 Å². The maximum atomic E-state index is 13.4. The lowest BCUT2D eigenvalue weighted by molar-refractivity contribution is -0.305. The fourth-order valence-electron chi connectivity index (χ4n) is 9.01. The number of nitrogens with one attached hydrogen (secondary N) is 1. The summed E-state index contributed by atoms with van der Waals surface area (Å²) >= 11 is 0. The van der Waals surface area contributed by atoms with Gasteiger partial charge in [0.05, 0.1) is 25.4 Å². The molecule has 1 fully saturated rings. The standard InChI is InChI=1S/C68H113NO10/c1-4-7-10-13-16-19-22-25-27-28-29-30-31-32-33-34-35-38-41-44-47-50-53-56-63(73)79-66-65(75)64(74)62(57-70)78-68(66)77-58-59(60(71)54-51-48-45-42-39-36-24-21-18-15-12-9-6-3)69-67(76)61(72)55-52-49-46-43-40-37-26-23-20-17-14-11-8-5-2/h7-8,10-11,14,16-17,19-20,23,25,27,29-30,32-33,35,38,51,54,59-62,64-66,68,70-72,74-75H,4-6,9,12-13,15,18,21-22,24,26,28,31,34,36-37,39-50,52-53,55-58H2,1-3H3,(H,69,76)/b10-7-,11-8+,17-14+,19-16-,23-20+,27-25-,30-29-,33-32-,38-35-,54-51+. The monoisotopic (exact) mass is 1100 g/mol. The van der Waals surface area contributed by atoms with E-state index in [1.54, 1.807) is 6.08 Å². The van der Waals surface area contributed by atoms with Crippen LogP contribution in [-0.2, 0) is 23.8 Å². The van der Waals surface area contributed by atoms with Crippen LogP contribution in [0.1, 0.15) is 233 Å². The van der Waals surface area contributed by atoms with E-state index >= 15 is 0 Å². The molecule has 1 saturated heterocycles. The summed E-state index contributed by atoms with van der Waals surface area (Å²) in [7, 11) is 0. The molecule has 1 aliphatic heterocycles. The first-order valence-electron chi connectivity index (χ1n) is 31.3. The van der Waals surface area contributed by atoms with Gasteiger partial charge in [-0.05, 0) is 96.3 Å². The van der Waals surface area contributed by atoms with E-state index in [0.717, 1.165) is 135 Å². The Labute approximate surface area is 480 Å². The van der Waals surface area contributed by atoms with E-state index in [4.69, 9.17) is 14.2 Å². The van der Waals surface area contributed by atoms with Crippen LogP contribution in [0, 0.1) is 0 Å². The van der Waals surface area contributed by atoms with Crippen LogP contribution in [0.25, 0.3) is 0 Å². The Kier molecular flexibility index (Phi) is 50.5. The van der Waals surface area contributed by atoms with E-state index in [-0.39, 0.29) is 19.4 Å². The summed E-state index contributed by atoms with van der Waals surface area (Å²) in [6.45, 7) is 5.51. The Morgan fingerprint density at radius 1 is 0.519 bits per heavy atom. The number of aliphatic hydroxyl groups is 5. The minimum absolute atomic E-state index is 0.0851. The number of aliphatic hydroxyl groups excluding tert-OH is 5. The van der Waals surface area contributed by atoms with Gasteiger partial charge in [-0.2, -0.15) is 0 Å². The first-order valence-corrected chi connectivity index (χ1v) is 31.3. The van der Waals surface area contributed by atoms with Gasteiger partial charge in [-0.15, -0.1) is 0 Å². The molecule has 0 aromatic heterocycles. The molecule has 0 aromatic carbocycles. The van der Waals surface area contributed by atoms with Gasteiger partial charge >= 0.3 is 5.97 Å². The predicted octanol–water partition coefficient (Wildman–Crippen LogP) is 15.1. The van der Waals surface area contributed by atoms with E-state index < -0.39 is 67.4 Å². The van der Waals surface area contributed by atoms with Crippen LogP contribution in [0.4, 0.5) is 0 Å². The molecule has 0 aromatic rings. The molecule has 0 radical (unpaired) electrons. The summed E-state index contributed by atoms with van der Waals surface area (Å²) in [6, 6.07) is -1.04. The van der Waals surface area contributed by atoms with Crippen molar-refractivity contribution in [2.24, 2.45) is 0 Å². The largest absolute Gasteiger partial charge is 0.454 e. The molecule has 1 rings (SSSR count). The van der Waals surface area contributed by atoms with Crippen molar-refractivity contribution < 1.29 is 49.3 Å². The molecule has 0 aliphatic carbocycles. The third kappa shape index (κ3) is 42.6. The molecule has 11 nitrogen and oxygen atoms in total. The zero-order chi connectivity index (χ0) is 57.5. The van der Waals surface area contributed by atoms with Gasteiger partial charge in [-0.1, -0.05) is 251 Å². The van der Waals surface area contributed by atoms with Gasteiger partial charge in [0.15, 0.2) is 12.4 Å². The molecule has 79 heavy (non-hydrogen) atoms. The van der Waals surface area contributed by atoms with Crippen molar-refractivity contribution >= 4 is 11.9 Å². The molecule has 1 amide bonds. The minimum Gasteiger partial charge on any atom is -0.454 e. The average molecular weight is 1100 g/mol. The zero-order valence-corrected chi connectivity index (χ0v) is 49.7. The number of carbonyl (C=O) groups excluding carboxylic acids is 2. The average Bonchev–Trinajstić information content (AvgIpc) is 3.50. The van der Waals surface area contributed by atoms with Crippen molar-refractivity contribution in [1.82, 2.24) is 5.32 Å². The van der Waals surface area contributed by atoms with Gasteiger partial charge in [0, 0.05) is 6.42 Å². The Balaban J connectivity index is 2.69. The summed E-state index contributed by atoms with van der Waals surface area (Å²) < 4.78 is 17.6. The van der Waals surface area contributed by atoms with Gasteiger partial charge in [-0.3, -0.25) is 9.59 Å². The summed E-state index contributed by atoms with van der Waals surface area (Å²) in [5.41, 5.74) is 0. The number of allylic oxidation sites excluding steroid dienone is 19. The summed E-state index contributed by atoms with van der Waals surface area (Å²) in [5.74, 6) is -1.24. The number of unbranched alkanes of at least 4 members (excludes halogenated alkanes) is 21. The second-order valence-corrected chi connectivity index (χ2v) is 21.1. The predicted molar refractivity (Wildman–Crippen MR) is 328 cm³/mol. The lowest BCUT2D eigenvalue weighted by atomic mass is 9.99. The van der Waals surface area contributed by atoms with Crippen LogP contribution in [0.15, 0.2) is 122 Å². The SMILES string of the molecule is CC/C=C\C/C=C\C/C=C\C/C=C\C/C=C\C/C=C\CCCCCCC(=O)OC1C(OCC(NC(=O)C(O)CCCCCCCC/C=C/C=C/C=C/CC)C(O)/C=C/CCCCCCCCCCCCC)OC(CO)C(O)C1O. The number of esters is 1. The second kappa shape index (κ2) is 54.6. The van der Waals surface area contributed by atoms with E-state index in [0.29, 0.717) is 12.8 Å². The highest BCUT2D eigenvalue weighted by atomic mass is 16.7. The normalized spacial score (nSPS) is 19.7. The topological polar surface area (TPSA) is 175 Å². The Morgan fingerprint density at radius 3 is 1.51 bits per heavy atom. The zero-order valence-electron chi connectivity index (χ0n) is 49.7. The molecular weight excluding hydrogens is 991 g/mol. The quantitative estimate of drug-likeness (QED) is 0.0149. The van der Waals surface area contributed by atoms with E-state index in [2.05, 4.69) is 123 Å². The maximum Gasteiger partial charge on any atom is 0.306 e. The summed E-state index contributed by atoms with van der Waals surface area (Å²) in [5, 5.41) is 57.0. The highest BCUT2D eigenvalue weighted by Crippen LogP contribution is 2.26. The van der Waals surface area contributed by atoms with E-state index in [1.165, 1.54) is 51.4 Å². The van der Waals surface area contributed by atoms with Gasteiger partial charge in [-0.25, -0.2) is 0 Å². The van der Waals surface area contributed by atoms with Crippen molar-refractivity contribution in [2.45, 2.75) is 282 Å². The molecule has 8 unspecified atom stereocenters. The second-order valence-electron chi connectivity index (χ2n) is 21.1. The molecule has 0 bridgehead atoms. The lowest BCUT2D eigenvalue weighted by Crippen LogP contribution is -2.61. The van der Waals surface area contributed by atoms with E-state index in [1.807, 2.05) is 18.2 Å². The van der Waals surface area contributed by atoms with Crippen LogP contribution in [0.2, 0.25) is 0 Å². The minimum atomic E-state index is -1.64. The lowest BCUT2D eigenvalue weighted by Gasteiger charge is -2.41. The van der Waals surface area contributed by atoms with Crippen molar-refractivity contribution in [3.05, 3.63) is 122 Å². The fraction of sp³-hybridized carbons (Fsp3) is 0.676. The van der Waals surface area contributed by atoms with Gasteiger partial charge < -0.3 is 45.1 Å². The van der Waals surface area contributed by atoms with Crippen molar-refractivity contribution in [3.8, 4) is 0 Å². The smallest absolute Gasteiger partial charge is 0.306 e. The molecule has 1 heterocycles. The number of rotatable bonds is 51. The van der Waals surface area contributed by atoms with Crippen LogP contribution >= 0.6 is 0 Å². The van der Waals surface area contributed by atoms with Crippen LogP contribution in [0.5, 0.6) is 0 Å². The highest BCUT2D eigenvalue weighted by Gasteiger charge is 2.47. The van der Waals surface area contributed by atoms with E-state index in [9.17, 15) is 35.1 Å². The van der Waals surface area contributed by atoms with Gasteiger partial charge in [0.25, 0.3) is 0 Å². The van der Waals surface area contributed by atoms with Crippen LogP contribution in [0.3, 0.4) is 0 Å². The van der Waals surface area contributed by atoms with Crippen LogP contribution in [-0.4, -0.2) is 99.6 Å². The number of hydrogen-bond acceptors (Lipinski definition) is 10. The molecule has 0 spiro atoms. The van der Waals surface area contributed by atoms with Crippen molar-refractivity contribution in [3.63, 3.8) is 0 Å². The molecule has 11 heteroatoms. The highest BCUT2D eigenvalue weighted by molar-refractivity contribution is 5.80. The Morgan fingerprint density at radius 2 is 0.975 bits per heavy atom. The first-order chi connectivity index (χ1) is 38.7. The number of hydrogen-bond donors (Lipinski definition) is 6. The summed E-state index contributed by atoms with van der Waals surface area (Å²) in [4.78, 5) is 26.6. The van der Waals surface area contributed by atoms with Crippen LogP contribution < -0.4 is 5.32 Å². The molecular formula is C68H113NO10. The van der Waals surface area contributed by atoms with Gasteiger partial charge in [0.2, 0.25) is 5.91 Å². The fourth-order valence-corrected chi connectivity index (χ4v) is 9.01. The maximum absolute atomic E-state index is 13.4. The molecule has 8 atom stereocenters. The number of ether oxygens (including phenoxy) is 3. The Hall–Kier alpha value is -3.94. The molecule has 1 aliphatic rings. The first kappa shape index (κ1) is 73.1.